The second kappa shape index (κ2) is 10.7. The van der Waals surface area contributed by atoms with Crippen molar-refractivity contribution >= 4 is 55.1 Å². The number of hydrogen-bond acceptors (Lipinski definition) is 4. The molecule has 0 saturated heterocycles. The van der Waals surface area contributed by atoms with Crippen LogP contribution >= 0.6 is 11.6 Å². The summed E-state index contributed by atoms with van der Waals surface area (Å²) in [4.78, 5) is 15.1. The SMILES string of the molecule is Clc1ccc2oc3cccc(-c4ccc(-c5nc(-c6ccccc6)nc(-c6ccc7ccccc7c6)n5)c5ccccc45)c3c2c1. The standard InChI is InChI=1S/C41H24ClN3O/c42-29-19-22-36-35(24-29)38-33(15-8-16-37(38)46-36)32-20-21-34(31-14-7-6-13-30(31)32)41-44-39(26-10-2-1-3-11-26)43-40(45-41)28-18-17-25-9-4-5-12-27(25)23-28/h1-24H. The largest absolute Gasteiger partial charge is 0.456 e. The molecule has 0 bridgehead atoms. The quantitative estimate of drug-likeness (QED) is 0.199. The maximum Gasteiger partial charge on any atom is 0.164 e. The first-order chi connectivity index (χ1) is 22.7. The van der Waals surface area contributed by atoms with Crippen LogP contribution in [0.1, 0.15) is 0 Å². The molecule has 0 aliphatic heterocycles. The number of hydrogen-bond donors (Lipinski definition) is 0. The molecule has 2 heterocycles. The monoisotopic (exact) mass is 609 g/mol. The van der Waals surface area contributed by atoms with E-state index in [-0.39, 0.29) is 0 Å². The van der Waals surface area contributed by atoms with Crippen molar-refractivity contribution in [2.24, 2.45) is 0 Å². The summed E-state index contributed by atoms with van der Waals surface area (Å²) >= 11 is 6.44. The van der Waals surface area contributed by atoms with Crippen LogP contribution in [-0.2, 0) is 0 Å². The molecular weight excluding hydrogens is 586 g/mol. The van der Waals surface area contributed by atoms with Gasteiger partial charge in [-0.3, -0.25) is 0 Å². The van der Waals surface area contributed by atoms with E-state index in [0.29, 0.717) is 22.5 Å². The molecule has 2 aromatic heterocycles. The van der Waals surface area contributed by atoms with Gasteiger partial charge in [0.05, 0.1) is 0 Å². The molecule has 46 heavy (non-hydrogen) atoms. The van der Waals surface area contributed by atoms with Crippen molar-refractivity contribution in [1.29, 1.82) is 0 Å². The lowest BCUT2D eigenvalue weighted by molar-refractivity contribution is 0.669. The highest BCUT2D eigenvalue weighted by molar-refractivity contribution is 6.32. The molecule has 4 nitrogen and oxygen atoms in total. The Bertz CT molecular complexity index is 2610. The van der Waals surface area contributed by atoms with Gasteiger partial charge in [0.2, 0.25) is 0 Å². The molecule has 9 rings (SSSR count). The Balaban J connectivity index is 1.28. The maximum absolute atomic E-state index is 6.44. The van der Waals surface area contributed by atoms with Crippen LogP contribution in [0.25, 0.3) is 88.8 Å². The van der Waals surface area contributed by atoms with E-state index in [0.717, 1.165) is 65.9 Å². The van der Waals surface area contributed by atoms with Crippen molar-refractivity contribution in [1.82, 2.24) is 15.0 Å². The number of halogens is 1. The third-order valence-electron chi connectivity index (χ3n) is 8.59. The molecule has 0 radical (unpaired) electrons. The van der Waals surface area contributed by atoms with Gasteiger partial charge >= 0.3 is 0 Å². The van der Waals surface area contributed by atoms with Gasteiger partial charge < -0.3 is 4.42 Å². The summed E-state index contributed by atoms with van der Waals surface area (Å²) in [5.41, 5.74) is 6.64. The summed E-state index contributed by atoms with van der Waals surface area (Å²) in [7, 11) is 0. The molecule has 5 heteroatoms. The van der Waals surface area contributed by atoms with Crippen molar-refractivity contribution in [3.63, 3.8) is 0 Å². The first-order valence-corrected chi connectivity index (χ1v) is 15.5. The number of fused-ring (bicyclic) bond motifs is 5. The summed E-state index contributed by atoms with van der Waals surface area (Å²) < 4.78 is 6.23. The lowest BCUT2D eigenvalue weighted by Gasteiger charge is -2.14. The molecule has 0 aliphatic rings. The predicted octanol–water partition coefficient (Wildman–Crippen LogP) is 11.4. The minimum atomic E-state index is 0.624. The fourth-order valence-corrected chi connectivity index (χ4v) is 6.59. The third-order valence-corrected chi connectivity index (χ3v) is 8.82. The second-order valence-corrected chi connectivity index (χ2v) is 11.8. The highest BCUT2D eigenvalue weighted by Gasteiger charge is 2.19. The Hall–Kier alpha value is -5.84. The van der Waals surface area contributed by atoms with Gasteiger partial charge in [0.1, 0.15) is 11.2 Å². The Kier molecular flexibility index (Phi) is 6.15. The zero-order chi connectivity index (χ0) is 30.6. The fraction of sp³-hybridized carbons (Fsp3) is 0. The smallest absolute Gasteiger partial charge is 0.164 e. The zero-order valence-electron chi connectivity index (χ0n) is 24.5. The minimum absolute atomic E-state index is 0.624. The second-order valence-electron chi connectivity index (χ2n) is 11.4. The van der Waals surface area contributed by atoms with Crippen molar-refractivity contribution in [2.45, 2.75) is 0 Å². The average molecular weight is 610 g/mol. The minimum Gasteiger partial charge on any atom is -0.456 e. The highest BCUT2D eigenvalue weighted by Crippen LogP contribution is 2.42. The molecular formula is C41H24ClN3O. The van der Waals surface area contributed by atoms with Crippen LogP contribution in [0.15, 0.2) is 150 Å². The Labute approximate surface area is 269 Å². The summed E-state index contributed by atoms with van der Waals surface area (Å²) in [5, 5.41) is 7.18. The van der Waals surface area contributed by atoms with Crippen LogP contribution in [0, 0.1) is 0 Å². The van der Waals surface area contributed by atoms with Crippen molar-refractivity contribution < 1.29 is 4.42 Å². The normalized spacial score (nSPS) is 11.6. The van der Waals surface area contributed by atoms with Crippen molar-refractivity contribution in [3.05, 3.63) is 151 Å². The third kappa shape index (κ3) is 4.42. The van der Waals surface area contributed by atoms with Gasteiger partial charge in [-0.15, -0.1) is 0 Å². The van der Waals surface area contributed by atoms with Gasteiger partial charge in [0, 0.05) is 32.5 Å². The molecule has 0 N–H and O–H groups in total. The van der Waals surface area contributed by atoms with E-state index in [1.807, 2.05) is 60.7 Å². The Morgan fingerprint density at radius 3 is 1.96 bits per heavy atom. The van der Waals surface area contributed by atoms with Crippen LogP contribution in [0.3, 0.4) is 0 Å². The topological polar surface area (TPSA) is 51.8 Å². The zero-order valence-corrected chi connectivity index (χ0v) is 25.2. The van der Waals surface area contributed by atoms with Crippen LogP contribution in [0.2, 0.25) is 5.02 Å². The maximum atomic E-state index is 6.44. The van der Waals surface area contributed by atoms with E-state index in [2.05, 4.69) is 84.9 Å². The number of nitrogens with zero attached hydrogens (tertiary/aromatic N) is 3. The van der Waals surface area contributed by atoms with E-state index in [1.54, 1.807) is 0 Å². The number of furan rings is 1. The van der Waals surface area contributed by atoms with Crippen LogP contribution in [0.4, 0.5) is 0 Å². The van der Waals surface area contributed by atoms with Gasteiger partial charge in [-0.2, -0.15) is 0 Å². The Morgan fingerprint density at radius 1 is 0.413 bits per heavy atom. The molecule has 0 aliphatic carbocycles. The lowest BCUT2D eigenvalue weighted by atomic mass is 9.92. The molecule has 0 spiro atoms. The summed E-state index contributed by atoms with van der Waals surface area (Å²) in [5.74, 6) is 1.89. The van der Waals surface area contributed by atoms with Gasteiger partial charge in [0.15, 0.2) is 17.5 Å². The molecule has 0 fully saturated rings. The molecule has 0 atom stereocenters. The molecule has 0 saturated carbocycles. The molecule has 9 aromatic rings. The van der Waals surface area contributed by atoms with Crippen molar-refractivity contribution in [2.75, 3.05) is 0 Å². The Morgan fingerprint density at radius 2 is 1.11 bits per heavy atom. The van der Waals surface area contributed by atoms with E-state index in [1.165, 1.54) is 5.39 Å². The van der Waals surface area contributed by atoms with Gasteiger partial charge in [0.25, 0.3) is 0 Å². The van der Waals surface area contributed by atoms with Crippen LogP contribution in [0.5, 0.6) is 0 Å². The van der Waals surface area contributed by atoms with E-state index in [4.69, 9.17) is 31.0 Å². The van der Waals surface area contributed by atoms with E-state index >= 15 is 0 Å². The van der Waals surface area contributed by atoms with Crippen LogP contribution < -0.4 is 0 Å². The first kappa shape index (κ1) is 26.6. The number of aromatic nitrogens is 3. The summed E-state index contributed by atoms with van der Waals surface area (Å²) in [6, 6.07) is 49.4. The molecule has 7 aromatic carbocycles. The molecule has 216 valence electrons. The van der Waals surface area contributed by atoms with Gasteiger partial charge in [-0.1, -0.05) is 121 Å². The average Bonchev–Trinajstić information content (AvgIpc) is 3.49. The first-order valence-electron chi connectivity index (χ1n) is 15.1. The van der Waals surface area contributed by atoms with E-state index < -0.39 is 0 Å². The van der Waals surface area contributed by atoms with Gasteiger partial charge in [-0.25, -0.2) is 15.0 Å². The summed E-state index contributed by atoms with van der Waals surface area (Å²) in [6.45, 7) is 0. The predicted molar refractivity (Wildman–Crippen MR) is 189 cm³/mol. The van der Waals surface area contributed by atoms with Gasteiger partial charge in [-0.05, 0) is 69.1 Å². The molecule has 0 unspecified atom stereocenters. The van der Waals surface area contributed by atoms with Crippen LogP contribution in [-0.4, -0.2) is 15.0 Å². The van der Waals surface area contributed by atoms with E-state index in [9.17, 15) is 0 Å². The number of benzene rings is 7. The van der Waals surface area contributed by atoms with Crippen molar-refractivity contribution in [3.8, 4) is 45.3 Å². The highest BCUT2D eigenvalue weighted by atomic mass is 35.5. The lowest BCUT2D eigenvalue weighted by Crippen LogP contribution is -2.00. The fourth-order valence-electron chi connectivity index (χ4n) is 6.42. The molecule has 0 amide bonds. The number of rotatable bonds is 4. The summed E-state index contributed by atoms with van der Waals surface area (Å²) in [6.07, 6.45) is 0.